The largest absolute Gasteiger partial charge is 0.493 e. The first-order valence-electron chi connectivity index (χ1n) is 11.9. The van der Waals surface area contributed by atoms with E-state index in [4.69, 9.17) is 42.8 Å². The minimum atomic E-state index is -0.631. The minimum absolute atomic E-state index is 0.220. The Labute approximate surface area is 237 Å². The summed E-state index contributed by atoms with van der Waals surface area (Å²) in [5.41, 5.74) is 4.54. The molecule has 2 aromatic carbocycles. The van der Waals surface area contributed by atoms with Crippen molar-refractivity contribution in [2.45, 2.75) is 19.9 Å². The van der Waals surface area contributed by atoms with Gasteiger partial charge in [-0.2, -0.15) is 5.10 Å². The van der Waals surface area contributed by atoms with Gasteiger partial charge in [-0.25, -0.2) is 10.2 Å². The molecule has 3 rings (SSSR count). The summed E-state index contributed by atoms with van der Waals surface area (Å²) in [6, 6.07) is 9.69. The van der Waals surface area contributed by atoms with Gasteiger partial charge in [0.2, 0.25) is 0 Å². The molecule has 0 fully saturated rings. The van der Waals surface area contributed by atoms with E-state index in [1.165, 1.54) is 13.3 Å². The molecule has 0 saturated carbocycles. The van der Waals surface area contributed by atoms with Gasteiger partial charge < -0.3 is 29.6 Å². The second-order valence-corrected chi connectivity index (χ2v) is 8.86. The number of carbonyl (C=O) groups excluding carboxylic acids is 2. The third kappa shape index (κ3) is 7.71. The maximum atomic E-state index is 12.7. The van der Waals surface area contributed by atoms with Crippen LogP contribution in [0.2, 0.25) is 5.02 Å². The quantitative estimate of drug-likeness (QED) is 0.115. The van der Waals surface area contributed by atoms with Crippen LogP contribution >= 0.6 is 23.8 Å². The first-order chi connectivity index (χ1) is 18.8. The molecule has 0 aromatic heterocycles. The fourth-order valence-electron chi connectivity index (χ4n) is 3.71. The van der Waals surface area contributed by atoms with Crippen molar-refractivity contribution >= 4 is 47.0 Å². The van der Waals surface area contributed by atoms with Crippen LogP contribution < -0.4 is 30.3 Å². The molecular weight excluding hydrogens is 544 g/mol. The molecule has 2 aromatic rings. The highest BCUT2D eigenvalue weighted by Crippen LogP contribution is 2.36. The zero-order chi connectivity index (χ0) is 28.4. The molecule has 39 heavy (non-hydrogen) atoms. The first-order valence-corrected chi connectivity index (χ1v) is 12.7. The molecule has 0 radical (unpaired) electrons. The fraction of sp³-hybridized carbons (Fsp3) is 0.259. The summed E-state index contributed by atoms with van der Waals surface area (Å²) < 4.78 is 21.9. The Morgan fingerprint density at radius 2 is 2.00 bits per heavy atom. The third-order valence-corrected chi connectivity index (χ3v) is 5.85. The van der Waals surface area contributed by atoms with Crippen LogP contribution in [0.15, 0.2) is 65.4 Å². The first kappa shape index (κ1) is 29.5. The summed E-state index contributed by atoms with van der Waals surface area (Å²) >= 11 is 11.6. The lowest BCUT2D eigenvalue weighted by atomic mass is 9.95. The van der Waals surface area contributed by atoms with Crippen molar-refractivity contribution in [3.63, 3.8) is 0 Å². The molecule has 1 aliphatic rings. The number of rotatable bonds is 12. The maximum Gasteiger partial charge on any atom is 0.338 e. The Bertz CT molecular complexity index is 1310. The molecule has 0 spiro atoms. The second-order valence-electron chi connectivity index (χ2n) is 8.04. The van der Waals surface area contributed by atoms with Crippen molar-refractivity contribution < 1.29 is 28.5 Å². The van der Waals surface area contributed by atoms with Gasteiger partial charge in [-0.05, 0) is 49.8 Å². The van der Waals surface area contributed by atoms with E-state index in [0.29, 0.717) is 49.8 Å². The van der Waals surface area contributed by atoms with Crippen molar-refractivity contribution in [2.24, 2.45) is 5.10 Å². The second kappa shape index (κ2) is 14.2. The average molecular weight is 573 g/mol. The summed E-state index contributed by atoms with van der Waals surface area (Å²) in [6.07, 6.45) is 3.01. The van der Waals surface area contributed by atoms with E-state index in [1.54, 1.807) is 56.3 Å². The normalized spacial score (nSPS) is 14.8. The van der Waals surface area contributed by atoms with E-state index >= 15 is 0 Å². The van der Waals surface area contributed by atoms with E-state index in [2.05, 4.69) is 27.7 Å². The van der Waals surface area contributed by atoms with Gasteiger partial charge in [-0.1, -0.05) is 42.5 Å². The number of hydrogen-bond acceptors (Lipinski definition) is 8. The molecule has 0 bridgehead atoms. The molecule has 3 N–H and O–H groups in total. The number of thiocarbonyl (C=S) groups is 1. The molecule has 1 amide bonds. The number of esters is 1. The number of nitrogens with one attached hydrogen (secondary N) is 3. The SMILES string of the molecule is C=CCOc1c(Cl)cc(C=NNC(=O)COc2ccccc2[C@@H]2NC(=S)NC(C)=C2C(=O)OCC)cc1OC. The maximum absolute atomic E-state index is 12.7. The summed E-state index contributed by atoms with van der Waals surface area (Å²) in [5, 5.41) is 10.7. The van der Waals surface area contributed by atoms with Crippen LogP contribution in [-0.2, 0) is 14.3 Å². The number of ether oxygens (including phenoxy) is 4. The smallest absolute Gasteiger partial charge is 0.338 e. The number of carbonyl (C=O) groups is 2. The van der Waals surface area contributed by atoms with Crippen LogP contribution in [0.5, 0.6) is 17.2 Å². The van der Waals surface area contributed by atoms with Crippen LogP contribution in [0.1, 0.15) is 31.0 Å². The Morgan fingerprint density at radius 3 is 2.72 bits per heavy atom. The summed E-state index contributed by atoms with van der Waals surface area (Å²) in [5.74, 6) is 0.194. The number of benzene rings is 2. The van der Waals surface area contributed by atoms with Gasteiger partial charge in [0.05, 0.1) is 36.6 Å². The summed E-state index contributed by atoms with van der Waals surface area (Å²) in [6.45, 7) is 7.24. The van der Waals surface area contributed by atoms with Crippen LogP contribution in [-0.4, -0.2) is 50.1 Å². The van der Waals surface area contributed by atoms with Gasteiger partial charge in [0.25, 0.3) is 5.91 Å². The molecular formula is C27H29ClN4O6S. The molecule has 0 saturated heterocycles. The average Bonchev–Trinajstić information content (AvgIpc) is 2.90. The van der Waals surface area contributed by atoms with E-state index in [-0.39, 0.29) is 19.8 Å². The Kier molecular flexibility index (Phi) is 10.7. The van der Waals surface area contributed by atoms with Crippen molar-refractivity contribution in [1.82, 2.24) is 16.1 Å². The monoisotopic (exact) mass is 572 g/mol. The molecule has 1 heterocycles. The van der Waals surface area contributed by atoms with Crippen molar-refractivity contribution in [2.75, 3.05) is 26.9 Å². The van der Waals surface area contributed by atoms with Gasteiger partial charge in [0.1, 0.15) is 12.4 Å². The van der Waals surface area contributed by atoms with E-state index < -0.39 is 17.9 Å². The van der Waals surface area contributed by atoms with E-state index in [9.17, 15) is 9.59 Å². The van der Waals surface area contributed by atoms with Gasteiger partial charge in [0.15, 0.2) is 23.2 Å². The van der Waals surface area contributed by atoms with Crippen molar-refractivity contribution in [1.29, 1.82) is 0 Å². The lowest BCUT2D eigenvalue weighted by Crippen LogP contribution is -2.45. The predicted molar refractivity (Wildman–Crippen MR) is 152 cm³/mol. The fourth-order valence-corrected chi connectivity index (χ4v) is 4.25. The van der Waals surface area contributed by atoms with E-state index in [1.807, 2.05) is 0 Å². The third-order valence-electron chi connectivity index (χ3n) is 5.35. The van der Waals surface area contributed by atoms with Crippen LogP contribution in [0.25, 0.3) is 0 Å². The van der Waals surface area contributed by atoms with Gasteiger partial charge >= 0.3 is 5.97 Å². The topological polar surface area (TPSA) is 120 Å². The number of hydrogen-bond donors (Lipinski definition) is 3. The number of amides is 1. The number of hydrazone groups is 1. The highest BCUT2D eigenvalue weighted by Gasteiger charge is 2.32. The number of para-hydroxylation sites is 1. The van der Waals surface area contributed by atoms with Gasteiger partial charge in [-0.3, -0.25) is 4.79 Å². The standard InChI is InChI=1S/C27H29ClN4O6S/c1-5-11-37-25-19(28)12-17(13-21(25)35-4)14-29-32-22(33)15-38-20-10-8-7-9-18(20)24-23(26(34)36-6-2)16(3)30-27(39)31-24/h5,7-10,12-14,24H,1,6,11,15H2,2-4H3,(H,32,33)(H2,30,31,39)/t24-/m0/s1. The molecule has 12 heteroatoms. The number of halogens is 1. The highest BCUT2D eigenvalue weighted by molar-refractivity contribution is 7.80. The highest BCUT2D eigenvalue weighted by atomic mass is 35.5. The Hall–Kier alpha value is -4.09. The minimum Gasteiger partial charge on any atom is -0.493 e. The predicted octanol–water partition coefficient (Wildman–Crippen LogP) is 3.80. The molecule has 1 atom stereocenters. The molecule has 0 aliphatic carbocycles. The van der Waals surface area contributed by atoms with Gasteiger partial charge in [-0.15, -0.1) is 0 Å². The number of methoxy groups -OCH3 is 1. The lowest BCUT2D eigenvalue weighted by Gasteiger charge is -2.30. The van der Waals surface area contributed by atoms with Crippen molar-refractivity contribution in [3.8, 4) is 17.2 Å². The van der Waals surface area contributed by atoms with E-state index in [0.717, 1.165) is 0 Å². The zero-order valence-electron chi connectivity index (χ0n) is 21.7. The Morgan fingerprint density at radius 1 is 1.23 bits per heavy atom. The van der Waals surface area contributed by atoms with Crippen LogP contribution in [0, 0.1) is 0 Å². The van der Waals surface area contributed by atoms with Gasteiger partial charge in [0, 0.05) is 11.3 Å². The lowest BCUT2D eigenvalue weighted by molar-refractivity contribution is -0.139. The molecule has 0 unspecified atom stereocenters. The summed E-state index contributed by atoms with van der Waals surface area (Å²) in [4.78, 5) is 25.1. The number of allylic oxidation sites excluding steroid dienone is 1. The number of nitrogens with zero attached hydrogens (tertiary/aromatic N) is 1. The van der Waals surface area contributed by atoms with Crippen LogP contribution in [0.3, 0.4) is 0 Å². The molecule has 1 aliphatic heterocycles. The van der Waals surface area contributed by atoms with Crippen molar-refractivity contribution in [3.05, 3.63) is 76.5 Å². The zero-order valence-corrected chi connectivity index (χ0v) is 23.3. The molecule has 206 valence electrons. The summed E-state index contributed by atoms with van der Waals surface area (Å²) in [7, 11) is 1.49. The van der Waals surface area contributed by atoms with Crippen LogP contribution in [0.4, 0.5) is 0 Å². The Balaban J connectivity index is 1.69. The molecule has 10 nitrogen and oxygen atoms in total.